The number of nitrogens with zero attached hydrogens (tertiary/aromatic N) is 2. The highest BCUT2D eigenvalue weighted by molar-refractivity contribution is 7.97. The summed E-state index contributed by atoms with van der Waals surface area (Å²) in [4.78, 5) is 0. The smallest absolute Gasteiger partial charge is 0.0817 e. The zero-order chi connectivity index (χ0) is 8.97. The van der Waals surface area contributed by atoms with Crippen LogP contribution >= 0.6 is 23.9 Å². The average Bonchev–Trinajstić information content (AvgIpc) is 2.48. The van der Waals surface area contributed by atoms with Crippen LogP contribution in [0.25, 0.3) is 0 Å². The highest BCUT2D eigenvalue weighted by Gasteiger charge is 2.30. The van der Waals surface area contributed by atoms with Gasteiger partial charge in [0.15, 0.2) is 0 Å². The van der Waals surface area contributed by atoms with E-state index < -0.39 is 0 Å². The van der Waals surface area contributed by atoms with Crippen molar-refractivity contribution < 1.29 is 0 Å². The highest BCUT2D eigenvalue weighted by Crippen LogP contribution is 2.28. The quantitative estimate of drug-likeness (QED) is 0.651. The molecule has 1 saturated heterocycles. The first-order chi connectivity index (χ1) is 5.83. The zero-order valence-electron chi connectivity index (χ0n) is 8.12. The summed E-state index contributed by atoms with van der Waals surface area (Å²) in [7, 11) is 0. The lowest BCUT2D eigenvalue weighted by atomic mass is 10.3. The van der Waals surface area contributed by atoms with E-state index in [-0.39, 0.29) is 0 Å². The maximum atomic E-state index is 2.49. The van der Waals surface area contributed by atoms with Gasteiger partial charge in [-0.15, -0.1) is 0 Å². The molecule has 0 bridgehead atoms. The maximum Gasteiger partial charge on any atom is 0.0817 e. The molecule has 0 saturated carbocycles. The normalized spacial score (nSPS) is 22.2. The van der Waals surface area contributed by atoms with Gasteiger partial charge in [-0.3, -0.25) is 0 Å². The monoisotopic (exact) mass is 206 g/mol. The Balaban J connectivity index is 2.46. The van der Waals surface area contributed by atoms with Crippen LogP contribution in [0.4, 0.5) is 0 Å². The summed E-state index contributed by atoms with van der Waals surface area (Å²) in [6.45, 7) is 4.69. The van der Waals surface area contributed by atoms with Gasteiger partial charge in [-0.1, -0.05) is 37.2 Å². The van der Waals surface area contributed by atoms with Crippen molar-refractivity contribution >= 4 is 23.9 Å². The molecule has 1 fully saturated rings. The van der Waals surface area contributed by atoms with E-state index >= 15 is 0 Å². The fraction of sp³-hybridized carbons (Fsp3) is 1.00. The lowest BCUT2D eigenvalue weighted by Gasteiger charge is -2.26. The fourth-order valence-electron chi connectivity index (χ4n) is 1.61. The van der Waals surface area contributed by atoms with Gasteiger partial charge in [0.2, 0.25) is 0 Å². The number of hydrogen-bond acceptors (Lipinski definition) is 4. The molecular formula is C8H18N2S2. The van der Waals surface area contributed by atoms with Crippen LogP contribution in [0.5, 0.6) is 0 Å². The van der Waals surface area contributed by atoms with Crippen LogP contribution in [0.15, 0.2) is 0 Å². The van der Waals surface area contributed by atoms with E-state index in [9.17, 15) is 0 Å². The van der Waals surface area contributed by atoms with Gasteiger partial charge < -0.3 is 0 Å². The lowest BCUT2D eigenvalue weighted by Crippen LogP contribution is -2.30. The molecule has 0 aromatic heterocycles. The summed E-state index contributed by atoms with van der Waals surface area (Å²) in [6, 6.07) is 0. The van der Waals surface area contributed by atoms with Crippen molar-refractivity contribution in [1.29, 1.82) is 0 Å². The molecule has 0 aliphatic carbocycles. The molecule has 12 heavy (non-hydrogen) atoms. The Morgan fingerprint density at radius 2 is 1.67 bits per heavy atom. The van der Waals surface area contributed by atoms with Gasteiger partial charge in [0.25, 0.3) is 0 Å². The Hall–Kier alpha value is 0.620. The summed E-state index contributed by atoms with van der Waals surface area (Å²) < 4.78 is 4.97. The molecule has 2 nitrogen and oxygen atoms in total. The van der Waals surface area contributed by atoms with Gasteiger partial charge in [-0.05, 0) is 18.9 Å². The van der Waals surface area contributed by atoms with E-state index in [1.54, 1.807) is 0 Å². The van der Waals surface area contributed by atoms with E-state index in [1.165, 1.54) is 25.9 Å². The Morgan fingerprint density at radius 3 is 2.00 bits per heavy atom. The summed E-state index contributed by atoms with van der Waals surface area (Å²) in [5.41, 5.74) is 0. The third-order valence-electron chi connectivity index (χ3n) is 2.22. The van der Waals surface area contributed by atoms with Crippen LogP contribution in [0, 0.1) is 0 Å². The van der Waals surface area contributed by atoms with Crippen molar-refractivity contribution in [3.8, 4) is 0 Å². The molecule has 72 valence electrons. The van der Waals surface area contributed by atoms with Crippen molar-refractivity contribution in [3.05, 3.63) is 0 Å². The maximum absolute atomic E-state index is 2.49. The largest absolute Gasteiger partial charge is 0.232 e. The van der Waals surface area contributed by atoms with Gasteiger partial charge in [-0.2, -0.15) is 0 Å². The topological polar surface area (TPSA) is 6.48 Å². The van der Waals surface area contributed by atoms with Gasteiger partial charge in [0, 0.05) is 13.1 Å². The molecule has 0 atom stereocenters. The van der Waals surface area contributed by atoms with E-state index in [0.29, 0.717) is 6.17 Å². The molecule has 1 aliphatic rings. The molecule has 0 N–H and O–H groups in total. The fourth-order valence-corrected chi connectivity index (χ4v) is 3.12. The first-order valence-electron chi connectivity index (χ1n) is 4.45. The predicted octanol–water partition coefficient (Wildman–Crippen LogP) is 2.29. The molecule has 0 spiro atoms. The van der Waals surface area contributed by atoms with Crippen LogP contribution in [0.2, 0.25) is 0 Å². The van der Waals surface area contributed by atoms with Crippen LogP contribution < -0.4 is 0 Å². The molecule has 1 heterocycles. The van der Waals surface area contributed by atoms with Crippen molar-refractivity contribution in [3.63, 3.8) is 0 Å². The zero-order valence-corrected chi connectivity index (χ0v) is 9.75. The molecule has 0 unspecified atom stereocenters. The van der Waals surface area contributed by atoms with Gasteiger partial charge >= 0.3 is 0 Å². The Bertz CT molecular complexity index is 120. The Labute approximate surface area is 84.3 Å². The first-order valence-corrected chi connectivity index (χ1v) is 6.81. The number of hydrogen-bond donors (Lipinski definition) is 0. The van der Waals surface area contributed by atoms with Crippen molar-refractivity contribution in [2.75, 3.05) is 25.6 Å². The average molecular weight is 206 g/mol. The van der Waals surface area contributed by atoms with Crippen LogP contribution in [0.3, 0.4) is 0 Å². The van der Waals surface area contributed by atoms with Crippen molar-refractivity contribution in [1.82, 2.24) is 8.61 Å². The minimum Gasteiger partial charge on any atom is -0.232 e. The van der Waals surface area contributed by atoms with E-state index in [0.717, 1.165) is 0 Å². The van der Waals surface area contributed by atoms with E-state index in [2.05, 4.69) is 28.0 Å². The third-order valence-corrected chi connectivity index (χ3v) is 4.01. The molecule has 1 aliphatic heterocycles. The minimum atomic E-state index is 0.667. The summed E-state index contributed by atoms with van der Waals surface area (Å²) in [5, 5.41) is 0. The molecule has 1 rings (SSSR count). The van der Waals surface area contributed by atoms with Crippen LogP contribution in [-0.2, 0) is 0 Å². The van der Waals surface area contributed by atoms with E-state index in [1.807, 2.05) is 23.9 Å². The molecule has 0 aromatic rings. The lowest BCUT2D eigenvalue weighted by molar-refractivity contribution is 0.303. The first kappa shape index (κ1) is 10.7. The summed E-state index contributed by atoms with van der Waals surface area (Å²) in [5.74, 6) is 0. The third kappa shape index (κ3) is 2.31. The molecule has 4 heteroatoms. The van der Waals surface area contributed by atoms with Gasteiger partial charge in [0.05, 0.1) is 6.17 Å². The summed E-state index contributed by atoms with van der Waals surface area (Å²) in [6.07, 6.45) is 7.58. The van der Waals surface area contributed by atoms with Crippen LogP contribution in [-0.4, -0.2) is 40.4 Å². The molecule has 0 aromatic carbocycles. The van der Waals surface area contributed by atoms with Gasteiger partial charge in [0.1, 0.15) is 0 Å². The molecular weight excluding hydrogens is 188 g/mol. The Kier molecular flexibility index (Phi) is 4.79. The SMILES string of the molecule is CCCC1N(SC)CCN1SC. The summed E-state index contributed by atoms with van der Waals surface area (Å²) >= 11 is 3.76. The van der Waals surface area contributed by atoms with E-state index in [4.69, 9.17) is 0 Å². The molecule has 0 amide bonds. The Morgan fingerprint density at radius 1 is 1.17 bits per heavy atom. The second-order valence-electron chi connectivity index (χ2n) is 2.92. The van der Waals surface area contributed by atoms with Gasteiger partial charge in [-0.25, -0.2) is 8.61 Å². The highest BCUT2D eigenvalue weighted by atomic mass is 32.2. The van der Waals surface area contributed by atoms with Crippen molar-refractivity contribution in [2.45, 2.75) is 25.9 Å². The standard InChI is InChI=1S/C8H18N2S2/c1-4-5-8-9(11-2)6-7-10(8)12-3/h8H,4-7H2,1-3H3. The number of rotatable bonds is 4. The van der Waals surface area contributed by atoms with Crippen molar-refractivity contribution in [2.24, 2.45) is 0 Å². The van der Waals surface area contributed by atoms with Crippen LogP contribution in [0.1, 0.15) is 19.8 Å². The predicted molar refractivity (Wildman–Crippen MR) is 59.1 cm³/mol. The second-order valence-corrected chi connectivity index (χ2v) is 4.58. The second kappa shape index (κ2) is 5.37. The minimum absolute atomic E-state index is 0.667. The molecule has 0 radical (unpaired) electrons.